The largest absolute Gasteiger partial charge is 0.391 e. The lowest BCUT2D eigenvalue weighted by Gasteiger charge is -2.13. The lowest BCUT2D eigenvalue weighted by atomic mass is 10.3. The Hall–Kier alpha value is -1.14. The van der Waals surface area contributed by atoms with Gasteiger partial charge in [-0.1, -0.05) is 0 Å². The lowest BCUT2D eigenvalue weighted by molar-refractivity contribution is 0.0760. The van der Waals surface area contributed by atoms with Crippen molar-refractivity contribution in [1.82, 2.24) is 9.88 Å². The van der Waals surface area contributed by atoms with Crippen molar-refractivity contribution in [3.05, 3.63) is 11.1 Å². The van der Waals surface area contributed by atoms with Gasteiger partial charge in [-0.05, 0) is 6.42 Å². The van der Waals surface area contributed by atoms with E-state index < -0.39 is 6.10 Å². The third-order valence-corrected chi connectivity index (χ3v) is 2.87. The predicted molar refractivity (Wildman–Crippen MR) is 53.1 cm³/mol. The molecule has 0 saturated carbocycles. The molecule has 6 heteroatoms. The molecule has 1 unspecified atom stereocenters. The molecule has 0 spiro atoms. The summed E-state index contributed by atoms with van der Waals surface area (Å²) in [5.41, 5.74) is 5.81. The van der Waals surface area contributed by atoms with Crippen LogP contribution in [0.15, 0.2) is 5.38 Å². The first-order chi connectivity index (χ1) is 6.66. The van der Waals surface area contributed by atoms with Crippen LogP contribution in [0.1, 0.15) is 16.9 Å². The Morgan fingerprint density at radius 1 is 1.79 bits per heavy atom. The molecule has 1 aliphatic rings. The number of carbonyl (C=O) groups is 1. The van der Waals surface area contributed by atoms with Crippen LogP contribution >= 0.6 is 11.3 Å². The van der Waals surface area contributed by atoms with E-state index in [-0.39, 0.29) is 5.91 Å². The van der Waals surface area contributed by atoms with Crippen molar-refractivity contribution in [3.63, 3.8) is 0 Å². The van der Waals surface area contributed by atoms with Gasteiger partial charge in [0, 0.05) is 18.5 Å². The highest BCUT2D eigenvalue weighted by Crippen LogP contribution is 2.16. The molecule has 0 radical (unpaired) electrons. The van der Waals surface area contributed by atoms with Gasteiger partial charge in [-0.15, -0.1) is 11.3 Å². The molecule has 76 valence electrons. The Morgan fingerprint density at radius 2 is 2.57 bits per heavy atom. The number of likely N-dealkylation sites (tertiary alicyclic amines) is 1. The van der Waals surface area contributed by atoms with Gasteiger partial charge < -0.3 is 15.7 Å². The monoisotopic (exact) mass is 213 g/mol. The highest BCUT2D eigenvalue weighted by Gasteiger charge is 2.26. The molecular weight excluding hydrogens is 202 g/mol. The van der Waals surface area contributed by atoms with Gasteiger partial charge >= 0.3 is 0 Å². The number of aliphatic hydroxyl groups is 1. The summed E-state index contributed by atoms with van der Waals surface area (Å²) in [7, 11) is 0. The van der Waals surface area contributed by atoms with Gasteiger partial charge in [-0.25, -0.2) is 4.98 Å². The average molecular weight is 213 g/mol. The minimum Gasteiger partial charge on any atom is -0.391 e. The van der Waals surface area contributed by atoms with Gasteiger partial charge in [0.2, 0.25) is 0 Å². The molecule has 1 saturated heterocycles. The molecule has 1 fully saturated rings. The fourth-order valence-electron chi connectivity index (χ4n) is 1.47. The van der Waals surface area contributed by atoms with Gasteiger partial charge in [0.25, 0.3) is 5.91 Å². The highest BCUT2D eigenvalue weighted by molar-refractivity contribution is 7.13. The quantitative estimate of drug-likeness (QED) is 0.684. The van der Waals surface area contributed by atoms with Crippen LogP contribution in [0.3, 0.4) is 0 Å². The number of carbonyl (C=O) groups excluding carboxylic acids is 1. The fourth-order valence-corrected chi connectivity index (χ4v) is 2.01. The number of β-amino-alcohol motifs (C(OH)–C–C–N with tert-alkyl or cyclic N) is 1. The molecule has 1 amide bonds. The number of aliphatic hydroxyl groups excluding tert-OH is 1. The van der Waals surface area contributed by atoms with Crippen LogP contribution in [0.4, 0.5) is 5.13 Å². The molecule has 1 atom stereocenters. The molecule has 1 aliphatic heterocycles. The van der Waals surface area contributed by atoms with Crippen molar-refractivity contribution in [2.24, 2.45) is 0 Å². The Labute approximate surface area is 85.2 Å². The number of hydrogen-bond acceptors (Lipinski definition) is 5. The average Bonchev–Trinajstić information content (AvgIpc) is 2.73. The Morgan fingerprint density at radius 3 is 3.07 bits per heavy atom. The first-order valence-electron chi connectivity index (χ1n) is 4.35. The maximum atomic E-state index is 11.7. The van der Waals surface area contributed by atoms with Gasteiger partial charge in [0.05, 0.1) is 6.10 Å². The van der Waals surface area contributed by atoms with Crippen LogP contribution < -0.4 is 5.73 Å². The van der Waals surface area contributed by atoms with Gasteiger partial charge in [-0.3, -0.25) is 4.79 Å². The van der Waals surface area contributed by atoms with Crippen LogP contribution in [-0.4, -0.2) is 40.1 Å². The second-order valence-corrected chi connectivity index (χ2v) is 4.15. The van der Waals surface area contributed by atoms with Gasteiger partial charge in [0.1, 0.15) is 5.69 Å². The van der Waals surface area contributed by atoms with Crippen molar-refractivity contribution < 1.29 is 9.90 Å². The third-order valence-electron chi connectivity index (χ3n) is 2.19. The minimum atomic E-state index is -0.394. The topological polar surface area (TPSA) is 79.5 Å². The summed E-state index contributed by atoms with van der Waals surface area (Å²) in [6, 6.07) is 0. The SMILES string of the molecule is Nc1nc(C(=O)N2CCC(O)C2)cs1. The second kappa shape index (κ2) is 3.55. The van der Waals surface area contributed by atoms with E-state index >= 15 is 0 Å². The number of anilines is 1. The van der Waals surface area contributed by atoms with Crippen molar-refractivity contribution in [3.8, 4) is 0 Å². The zero-order valence-corrected chi connectivity index (χ0v) is 8.33. The normalized spacial score (nSPS) is 21.5. The third kappa shape index (κ3) is 1.71. The summed E-state index contributed by atoms with van der Waals surface area (Å²) in [6.07, 6.45) is 0.251. The Balaban J connectivity index is 2.09. The highest BCUT2D eigenvalue weighted by atomic mass is 32.1. The smallest absolute Gasteiger partial charge is 0.273 e. The Bertz CT molecular complexity index is 352. The number of aromatic nitrogens is 1. The second-order valence-electron chi connectivity index (χ2n) is 3.26. The van der Waals surface area contributed by atoms with E-state index in [0.717, 1.165) is 0 Å². The lowest BCUT2D eigenvalue weighted by Crippen LogP contribution is -2.29. The van der Waals surface area contributed by atoms with Crippen molar-refractivity contribution in [2.45, 2.75) is 12.5 Å². The van der Waals surface area contributed by atoms with E-state index in [1.54, 1.807) is 10.3 Å². The van der Waals surface area contributed by atoms with Crippen molar-refractivity contribution >= 4 is 22.4 Å². The minimum absolute atomic E-state index is 0.144. The predicted octanol–water partition coefficient (Wildman–Crippen LogP) is -0.0679. The zero-order chi connectivity index (χ0) is 10.1. The molecule has 5 nitrogen and oxygen atoms in total. The summed E-state index contributed by atoms with van der Waals surface area (Å²) >= 11 is 1.25. The molecule has 0 aliphatic carbocycles. The molecule has 1 aromatic heterocycles. The van der Waals surface area contributed by atoms with E-state index in [9.17, 15) is 9.90 Å². The standard InChI is InChI=1S/C8H11N3O2S/c9-8-10-6(4-14-8)7(13)11-2-1-5(12)3-11/h4-5,12H,1-3H2,(H2,9,10). The van der Waals surface area contributed by atoms with Crippen LogP contribution in [0.5, 0.6) is 0 Å². The summed E-state index contributed by atoms with van der Waals surface area (Å²) in [4.78, 5) is 17.2. The number of rotatable bonds is 1. The maximum Gasteiger partial charge on any atom is 0.273 e. The molecule has 1 aromatic rings. The number of amides is 1. The Kier molecular flexibility index (Phi) is 2.39. The van der Waals surface area contributed by atoms with Crippen molar-refractivity contribution in [1.29, 1.82) is 0 Å². The number of nitrogens with two attached hydrogens (primary N) is 1. The van der Waals surface area contributed by atoms with Crippen LogP contribution in [0.25, 0.3) is 0 Å². The number of thiazole rings is 1. The van der Waals surface area contributed by atoms with Gasteiger partial charge in [0.15, 0.2) is 5.13 Å². The van der Waals surface area contributed by atoms with E-state index in [1.807, 2.05) is 0 Å². The first kappa shape index (κ1) is 9.42. The number of hydrogen-bond donors (Lipinski definition) is 2. The number of nitrogen functional groups attached to an aromatic ring is 1. The zero-order valence-electron chi connectivity index (χ0n) is 7.51. The number of nitrogens with zero attached hydrogens (tertiary/aromatic N) is 2. The van der Waals surface area contributed by atoms with E-state index in [2.05, 4.69) is 4.98 Å². The van der Waals surface area contributed by atoms with E-state index in [1.165, 1.54) is 11.3 Å². The maximum absolute atomic E-state index is 11.7. The summed E-state index contributed by atoms with van der Waals surface area (Å²) in [5.74, 6) is -0.144. The van der Waals surface area contributed by atoms with E-state index in [0.29, 0.717) is 30.3 Å². The summed E-state index contributed by atoms with van der Waals surface area (Å²) < 4.78 is 0. The van der Waals surface area contributed by atoms with E-state index in [4.69, 9.17) is 5.73 Å². The van der Waals surface area contributed by atoms with Crippen molar-refractivity contribution in [2.75, 3.05) is 18.8 Å². The van der Waals surface area contributed by atoms with Crippen LogP contribution in [0, 0.1) is 0 Å². The first-order valence-corrected chi connectivity index (χ1v) is 5.23. The summed E-state index contributed by atoms with van der Waals surface area (Å²) in [5, 5.41) is 11.3. The van der Waals surface area contributed by atoms with Gasteiger partial charge in [-0.2, -0.15) is 0 Å². The summed E-state index contributed by atoms with van der Waals surface area (Å²) in [6.45, 7) is 0.994. The van der Waals surface area contributed by atoms with Crippen LogP contribution in [0.2, 0.25) is 0 Å². The molecule has 14 heavy (non-hydrogen) atoms. The molecule has 2 heterocycles. The molecule has 0 aromatic carbocycles. The molecule has 2 rings (SSSR count). The molecular formula is C8H11N3O2S. The molecule has 0 bridgehead atoms. The molecule has 3 N–H and O–H groups in total. The fraction of sp³-hybridized carbons (Fsp3) is 0.500. The van der Waals surface area contributed by atoms with Crippen LogP contribution in [-0.2, 0) is 0 Å².